The van der Waals surface area contributed by atoms with Crippen LogP contribution in [0.4, 0.5) is 0 Å². The smallest absolute Gasteiger partial charge is 0.0319 e. The van der Waals surface area contributed by atoms with E-state index in [-0.39, 0.29) is 18.6 Å². The van der Waals surface area contributed by atoms with Gasteiger partial charge in [0.25, 0.3) is 0 Å². The van der Waals surface area contributed by atoms with Gasteiger partial charge in [-0.15, -0.1) is 12.4 Å². The van der Waals surface area contributed by atoms with E-state index in [2.05, 4.69) is 56.0 Å². The second-order valence-corrected chi connectivity index (χ2v) is 14.7. The normalized spacial score (nSPS) is 11.8. The average molecular weight is 680 g/mol. The second-order valence-electron chi connectivity index (χ2n) is 14.7. The molecular weight excluding hydrogens is 592 g/mol. The van der Waals surface area contributed by atoms with Gasteiger partial charge in [0.2, 0.25) is 0 Å². The van der Waals surface area contributed by atoms with Crippen molar-refractivity contribution in [1.29, 1.82) is 0 Å². The molecule has 3 heteroatoms. The Morgan fingerprint density at radius 2 is 0.617 bits per heavy atom. The fourth-order valence-electron chi connectivity index (χ4n) is 7.17. The van der Waals surface area contributed by atoms with Gasteiger partial charge in [-0.25, -0.2) is 0 Å². The molecule has 1 atom stereocenters. The van der Waals surface area contributed by atoms with Gasteiger partial charge in [-0.3, -0.25) is 4.90 Å². The lowest BCUT2D eigenvalue weighted by Gasteiger charge is -2.29. The third kappa shape index (κ3) is 32.4. The van der Waals surface area contributed by atoms with Crippen LogP contribution in [0.2, 0.25) is 0 Å². The van der Waals surface area contributed by atoms with Crippen molar-refractivity contribution in [3.63, 3.8) is 0 Å². The second kappa shape index (κ2) is 39.9. The lowest BCUT2D eigenvalue weighted by molar-refractivity contribution is 0.201. The summed E-state index contributed by atoms with van der Waals surface area (Å²) in [6.45, 7) is 9.60. The summed E-state index contributed by atoms with van der Waals surface area (Å²) < 4.78 is 0. The van der Waals surface area contributed by atoms with Gasteiger partial charge < -0.3 is 6.15 Å². The fraction of sp³-hybridized carbons (Fsp3) is 0.864. The molecule has 0 heterocycles. The van der Waals surface area contributed by atoms with Crippen LogP contribution in [0.25, 0.3) is 0 Å². The Labute approximate surface area is 303 Å². The summed E-state index contributed by atoms with van der Waals surface area (Å²) in [6, 6.07) is 11.8. The Kier molecular flexibility index (Phi) is 41.2. The van der Waals surface area contributed by atoms with E-state index in [0.29, 0.717) is 6.04 Å². The summed E-state index contributed by atoms with van der Waals surface area (Å²) >= 11 is 0. The number of halogens is 1. The first-order chi connectivity index (χ1) is 22.3. The van der Waals surface area contributed by atoms with Gasteiger partial charge in [0.15, 0.2) is 0 Å². The topological polar surface area (TPSA) is 38.2 Å². The standard InChI is InChI=1S/C44H83N.ClH.H3N/c1-4-6-8-10-12-14-16-18-20-22-24-26-28-30-32-37-41-45(43(3)44-39-35-34-36-40-44)42-38-33-31-29-27-25-23-21-19-17-15-13-11-9-7-5-2;;/h34-36,39-40,43H,4-33,37-38,41-42H2,1-3H3;1H;1H3. The van der Waals surface area contributed by atoms with Crippen LogP contribution in [0.15, 0.2) is 30.3 Å². The molecule has 0 amide bonds. The quantitative estimate of drug-likeness (QED) is 0.0717. The highest BCUT2D eigenvalue weighted by molar-refractivity contribution is 5.85. The summed E-state index contributed by atoms with van der Waals surface area (Å²) in [5.41, 5.74) is 1.49. The van der Waals surface area contributed by atoms with Crippen LogP contribution in [0.5, 0.6) is 0 Å². The van der Waals surface area contributed by atoms with Crippen LogP contribution in [0, 0.1) is 0 Å². The highest BCUT2D eigenvalue weighted by Gasteiger charge is 2.15. The van der Waals surface area contributed by atoms with E-state index >= 15 is 0 Å². The predicted molar refractivity (Wildman–Crippen MR) is 218 cm³/mol. The van der Waals surface area contributed by atoms with Crippen molar-refractivity contribution in [2.24, 2.45) is 0 Å². The molecule has 1 aromatic carbocycles. The van der Waals surface area contributed by atoms with Gasteiger partial charge in [0.05, 0.1) is 0 Å². The van der Waals surface area contributed by atoms with Crippen molar-refractivity contribution in [3.8, 4) is 0 Å². The number of rotatable bonds is 36. The van der Waals surface area contributed by atoms with Crippen molar-refractivity contribution in [2.45, 2.75) is 232 Å². The molecule has 2 nitrogen and oxygen atoms in total. The highest BCUT2D eigenvalue weighted by Crippen LogP contribution is 2.22. The van der Waals surface area contributed by atoms with E-state index < -0.39 is 0 Å². The van der Waals surface area contributed by atoms with Crippen LogP contribution in [0.3, 0.4) is 0 Å². The fourth-order valence-corrected chi connectivity index (χ4v) is 7.17. The van der Waals surface area contributed by atoms with E-state index in [9.17, 15) is 0 Å². The third-order valence-electron chi connectivity index (χ3n) is 10.4. The molecule has 1 rings (SSSR count). The SMILES string of the molecule is CCCCCCCCCCCCCCCCCCN(CCCCCCCCCCCCCCCCCC)C(C)c1ccccc1.Cl.N. The average Bonchev–Trinajstić information content (AvgIpc) is 3.07. The highest BCUT2D eigenvalue weighted by atomic mass is 35.5. The van der Waals surface area contributed by atoms with Gasteiger partial charge in [-0.1, -0.05) is 237 Å². The van der Waals surface area contributed by atoms with E-state index in [1.807, 2.05) is 0 Å². The van der Waals surface area contributed by atoms with Gasteiger partial charge in [0, 0.05) is 6.04 Å². The molecule has 0 aromatic heterocycles. The molecule has 47 heavy (non-hydrogen) atoms. The zero-order chi connectivity index (χ0) is 32.3. The molecule has 0 aliphatic rings. The van der Waals surface area contributed by atoms with Crippen LogP contribution >= 0.6 is 12.4 Å². The van der Waals surface area contributed by atoms with Gasteiger partial charge >= 0.3 is 0 Å². The summed E-state index contributed by atoms with van der Waals surface area (Å²) in [5, 5.41) is 0. The molecule has 0 bridgehead atoms. The van der Waals surface area contributed by atoms with E-state index in [1.165, 1.54) is 224 Å². The molecule has 3 N–H and O–H groups in total. The monoisotopic (exact) mass is 679 g/mol. The molecule has 1 aromatic rings. The first kappa shape index (κ1) is 48.5. The van der Waals surface area contributed by atoms with Crippen LogP contribution in [-0.2, 0) is 0 Å². The third-order valence-corrected chi connectivity index (χ3v) is 10.4. The number of hydrogen-bond acceptors (Lipinski definition) is 2. The molecule has 0 saturated heterocycles. The first-order valence-electron chi connectivity index (χ1n) is 21.1. The molecule has 1 unspecified atom stereocenters. The summed E-state index contributed by atoms with van der Waals surface area (Å²) in [7, 11) is 0. The Balaban J connectivity index is 0. The van der Waals surface area contributed by atoms with E-state index in [1.54, 1.807) is 0 Å². The maximum absolute atomic E-state index is 2.79. The number of unbranched alkanes of at least 4 members (excludes halogenated alkanes) is 30. The minimum atomic E-state index is 0. The number of hydrogen-bond donors (Lipinski definition) is 1. The van der Waals surface area contributed by atoms with Crippen molar-refractivity contribution >= 4 is 12.4 Å². The van der Waals surface area contributed by atoms with Crippen molar-refractivity contribution in [2.75, 3.05) is 13.1 Å². The Morgan fingerprint density at radius 1 is 0.383 bits per heavy atom. The molecule has 0 saturated carbocycles. The lowest BCUT2D eigenvalue weighted by Crippen LogP contribution is -2.29. The van der Waals surface area contributed by atoms with Crippen molar-refractivity contribution < 1.29 is 0 Å². The molecular formula is C44H87ClN2. The molecule has 0 aliphatic carbocycles. The summed E-state index contributed by atoms with van der Waals surface area (Å²) in [6.07, 6.45) is 46.3. The lowest BCUT2D eigenvalue weighted by atomic mass is 10.0. The van der Waals surface area contributed by atoms with Crippen LogP contribution < -0.4 is 6.15 Å². The predicted octanol–water partition coefficient (Wildman–Crippen LogP) is 16.2. The first-order valence-corrected chi connectivity index (χ1v) is 21.1. The molecule has 280 valence electrons. The molecule has 0 spiro atoms. The zero-order valence-corrected chi connectivity index (χ0v) is 33.4. The number of nitrogens with zero attached hydrogens (tertiary/aromatic N) is 1. The molecule has 0 aliphatic heterocycles. The van der Waals surface area contributed by atoms with Crippen LogP contribution in [0.1, 0.15) is 238 Å². The van der Waals surface area contributed by atoms with Gasteiger partial charge in [-0.2, -0.15) is 0 Å². The van der Waals surface area contributed by atoms with Crippen molar-refractivity contribution in [1.82, 2.24) is 11.1 Å². The Morgan fingerprint density at radius 3 is 0.872 bits per heavy atom. The minimum absolute atomic E-state index is 0. The van der Waals surface area contributed by atoms with Gasteiger partial charge in [0.1, 0.15) is 0 Å². The van der Waals surface area contributed by atoms with Crippen LogP contribution in [-0.4, -0.2) is 18.0 Å². The Bertz CT molecular complexity index is 645. The molecule has 0 fully saturated rings. The zero-order valence-electron chi connectivity index (χ0n) is 32.6. The maximum Gasteiger partial charge on any atom is 0.0319 e. The minimum Gasteiger partial charge on any atom is -0.344 e. The maximum atomic E-state index is 2.79. The van der Waals surface area contributed by atoms with Gasteiger partial charge in [-0.05, 0) is 38.4 Å². The van der Waals surface area contributed by atoms with E-state index in [0.717, 1.165) is 0 Å². The van der Waals surface area contributed by atoms with Crippen molar-refractivity contribution in [3.05, 3.63) is 35.9 Å². The summed E-state index contributed by atoms with van der Waals surface area (Å²) in [5.74, 6) is 0. The van der Waals surface area contributed by atoms with E-state index in [4.69, 9.17) is 0 Å². The Hall–Kier alpha value is -0.570. The number of benzene rings is 1. The molecule has 0 radical (unpaired) electrons. The summed E-state index contributed by atoms with van der Waals surface area (Å²) in [4.78, 5) is 2.79. The largest absolute Gasteiger partial charge is 0.344 e.